The van der Waals surface area contributed by atoms with E-state index in [-0.39, 0.29) is 17.6 Å². The van der Waals surface area contributed by atoms with Gasteiger partial charge in [-0.15, -0.1) is 0 Å². The van der Waals surface area contributed by atoms with Gasteiger partial charge in [0.05, 0.1) is 11.4 Å². The predicted molar refractivity (Wildman–Crippen MR) is 145 cm³/mol. The normalized spacial score (nSPS) is 16.0. The molecule has 1 aliphatic rings. The van der Waals surface area contributed by atoms with Gasteiger partial charge in [-0.2, -0.15) is 23.3 Å². The van der Waals surface area contributed by atoms with Crippen molar-refractivity contribution in [3.05, 3.63) is 71.4 Å². The van der Waals surface area contributed by atoms with Crippen LogP contribution in [-0.4, -0.2) is 85.6 Å². The Hall–Kier alpha value is -4.04. The summed E-state index contributed by atoms with van der Waals surface area (Å²) in [4.78, 5) is 21.0. The van der Waals surface area contributed by atoms with Gasteiger partial charge in [-0.05, 0) is 62.0 Å². The van der Waals surface area contributed by atoms with Gasteiger partial charge in [-0.25, -0.2) is 8.57 Å². The molecule has 1 aliphatic heterocycles. The van der Waals surface area contributed by atoms with Gasteiger partial charge in [0.1, 0.15) is 0 Å². The largest absolute Gasteiger partial charge is 0.483 e. The second kappa shape index (κ2) is 11.1. The van der Waals surface area contributed by atoms with E-state index in [1.165, 1.54) is 12.1 Å². The Bertz CT molecular complexity index is 1680. The van der Waals surface area contributed by atoms with E-state index >= 15 is 0 Å². The van der Waals surface area contributed by atoms with Gasteiger partial charge in [-0.3, -0.25) is 9.48 Å². The van der Waals surface area contributed by atoms with Gasteiger partial charge in [0, 0.05) is 50.0 Å². The molecular weight excluding hydrogens is 559 g/mol. The van der Waals surface area contributed by atoms with Crippen LogP contribution in [0.25, 0.3) is 23.0 Å². The molecule has 0 saturated carbocycles. The number of hydrogen-bond acceptors (Lipinski definition) is 8. The van der Waals surface area contributed by atoms with Crippen molar-refractivity contribution in [2.24, 2.45) is 4.36 Å². The van der Waals surface area contributed by atoms with Crippen molar-refractivity contribution in [3.63, 3.8) is 0 Å². The van der Waals surface area contributed by atoms with E-state index in [0.29, 0.717) is 36.5 Å². The Morgan fingerprint density at radius 2 is 1.78 bits per heavy atom. The van der Waals surface area contributed by atoms with Crippen LogP contribution in [0.3, 0.4) is 0 Å². The maximum absolute atomic E-state index is 13.3. The molecular formula is C27H28F3N7O3S. The Balaban J connectivity index is 1.31. The number of piperazine rings is 1. The molecule has 1 unspecified atom stereocenters. The number of hydrogen-bond donors (Lipinski definition) is 0. The number of nitrogens with zero attached hydrogens (tertiary/aromatic N) is 7. The SMILES string of the molecule is CN=S(=O)(c1ccc(-c2noc(-c3cc(C)n(Cc4cccc(C(=O)N5CCN(C)CC5)c4)n3)n2)cc1)C(F)(F)F. The number of carbonyl (C=O) groups is 1. The predicted octanol–water partition coefficient (Wildman–Crippen LogP) is 4.32. The molecule has 2 aromatic carbocycles. The molecule has 5 rings (SSSR count). The van der Waals surface area contributed by atoms with E-state index < -0.39 is 20.1 Å². The fraction of sp³-hybridized carbons (Fsp3) is 0.333. The van der Waals surface area contributed by atoms with Gasteiger partial charge in [0.15, 0.2) is 15.4 Å². The lowest BCUT2D eigenvalue weighted by molar-refractivity contribution is -0.0403. The minimum atomic E-state index is -5.00. The molecule has 1 fully saturated rings. The highest BCUT2D eigenvalue weighted by atomic mass is 32.2. The van der Waals surface area contributed by atoms with E-state index in [4.69, 9.17) is 4.52 Å². The highest BCUT2D eigenvalue weighted by molar-refractivity contribution is 7.94. The monoisotopic (exact) mass is 587 g/mol. The first kappa shape index (κ1) is 28.5. The second-order valence-electron chi connectivity index (χ2n) is 9.73. The zero-order valence-corrected chi connectivity index (χ0v) is 23.4. The smallest absolute Gasteiger partial charge is 0.336 e. The first-order chi connectivity index (χ1) is 19.5. The lowest BCUT2D eigenvalue weighted by Gasteiger charge is -2.32. The molecule has 4 aromatic rings. The van der Waals surface area contributed by atoms with Crippen molar-refractivity contribution >= 4 is 15.6 Å². The molecule has 14 heteroatoms. The second-order valence-corrected chi connectivity index (χ2v) is 12.1. The van der Waals surface area contributed by atoms with Crippen LogP contribution in [0.4, 0.5) is 13.2 Å². The van der Waals surface area contributed by atoms with Gasteiger partial charge in [-0.1, -0.05) is 17.3 Å². The summed E-state index contributed by atoms with van der Waals surface area (Å²) in [6.45, 7) is 5.37. The van der Waals surface area contributed by atoms with E-state index in [2.05, 4.69) is 24.5 Å². The zero-order chi connectivity index (χ0) is 29.4. The lowest BCUT2D eigenvalue weighted by atomic mass is 10.1. The maximum Gasteiger partial charge on any atom is 0.483 e. The Morgan fingerprint density at radius 3 is 2.44 bits per heavy atom. The standard InChI is InChI=1S/C27H28F3N7O3S/c1-18-15-23(25-32-24(34-40-25)20-7-9-22(10-8-20)41(39,31-2)27(28,29)30)33-37(18)17-19-5-4-6-21(16-19)26(38)36-13-11-35(3)12-14-36/h4-10,15-16H,11-14,17H2,1-3H3. The van der Waals surface area contributed by atoms with Gasteiger partial charge < -0.3 is 14.3 Å². The van der Waals surface area contributed by atoms with Crippen LogP contribution in [0.15, 0.2) is 68.4 Å². The molecule has 0 bridgehead atoms. The van der Waals surface area contributed by atoms with E-state index in [1.807, 2.05) is 43.1 Å². The number of aromatic nitrogens is 4. The van der Waals surface area contributed by atoms with Crippen molar-refractivity contribution < 1.29 is 26.7 Å². The molecule has 1 saturated heterocycles. The first-order valence-corrected chi connectivity index (χ1v) is 14.3. The molecule has 1 atom stereocenters. The molecule has 41 heavy (non-hydrogen) atoms. The topological polar surface area (TPSA) is 110 Å². The van der Waals surface area contributed by atoms with Crippen molar-refractivity contribution in [1.29, 1.82) is 0 Å². The number of alkyl halides is 3. The van der Waals surface area contributed by atoms with Gasteiger partial charge in [0.25, 0.3) is 11.8 Å². The maximum atomic E-state index is 13.3. The number of carbonyl (C=O) groups excluding carboxylic acids is 1. The van der Waals surface area contributed by atoms with Crippen LogP contribution in [0.2, 0.25) is 0 Å². The number of likely N-dealkylation sites (N-methyl/N-ethyl adjacent to an activating group) is 1. The van der Waals surface area contributed by atoms with Crippen molar-refractivity contribution in [2.75, 3.05) is 40.3 Å². The number of amides is 1. The minimum absolute atomic E-state index is 0.00842. The molecule has 0 spiro atoms. The average molecular weight is 588 g/mol. The van der Waals surface area contributed by atoms with Crippen LogP contribution in [0.1, 0.15) is 21.6 Å². The van der Waals surface area contributed by atoms with Crippen molar-refractivity contribution in [1.82, 2.24) is 29.7 Å². The Kier molecular flexibility index (Phi) is 7.70. The zero-order valence-electron chi connectivity index (χ0n) is 22.6. The minimum Gasteiger partial charge on any atom is -0.336 e. The summed E-state index contributed by atoms with van der Waals surface area (Å²) in [5.41, 5.74) is -1.84. The van der Waals surface area contributed by atoms with Crippen LogP contribution in [0.5, 0.6) is 0 Å². The number of rotatable bonds is 6. The third-order valence-corrected chi connectivity index (χ3v) is 8.98. The van der Waals surface area contributed by atoms with Crippen LogP contribution in [0, 0.1) is 6.92 Å². The summed E-state index contributed by atoms with van der Waals surface area (Å²) in [6, 6.07) is 14.1. The van der Waals surface area contributed by atoms with E-state index in [0.717, 1.165) is 43.5 Å². The lowest BCUT2D eigenvalue weighted by Crippen LogP contribution is -2.47. The summed E-state index contributed by atoms with van der Waals surface area (Å²) in [5, 5.41) is 8.51. The van der Waals surface area contributed by atoms with Crippen LogP contribution < -0.4 is 0 Å². The highest BCUT2D eigenvalue weighted by Crippen LogP contribution is 2.33. The van der Waals surface area contributed by atoms with Gasteiger partial charge in [0.2, 0.25) is 5.82 Å². The summed E-state index contributed by atoms with van der Waals surface area (Å²) < 4.78 is 62.4. The molecule has 216 valence electrons. The van der Waals surface area contributed by atoms with E-state index in [9.17, 15) is 22.2 Å². The summed E-state index contributed by atoms with van der Waals surface area (Å²) in [7, 11) is -1.66. The highest BCUT2D eigenvalue weighted by Gasteiger charge is 2.44. The number of aryl methyl sites for hydroxylation is 1. The fourth-order valence-electron chi connectivity index (χ4n) is 4.52. The Labute approximate surface area is 234 Å². The van der Waals surface area contributed by atoms with Crippen LogP contribution >= 0.6 is 0 Å². The summed E-state index contributed by atoms with van der Waals surface area (Å²) in [5.74, 6) is 0.280. The van der Waals surface area contributed by atoms with Crippen LogP contribution in [-0.2, 0) is 16.3 Å². The average Bonchev–Trinajstić information content (AvgIpc) is 3.59. The molecule has 2 aromatic heterocycles. The molecule has 0 N–H and O–H groups in total. The number of halogens is 3. The van der Waals surface area contributed by atoms with Crippen molar-refractivity contribution in [2.45, 2.75) is 23.9 Å². The third-order valence-electron chi connectivity index (χ3n) is 6.93. The Morgan fingerprint density at radius 1 is 1.07 bits per heavy atom. The molecule has 10 nitrogen and oxygen atoms in total. The first-order valence-electron chi connectivity index (χ1n) is 12.8. The number of benzene rings is 2. The van der Waals surface area contributed by atoms with Crippen molar-refractivity contribution in [3.8, 4) is 23.0 Å². The summed E-state index contributed by atoms with van der Waals surface area (Å²) >= 11 is 0. The fourth-order valence-corrected chi connectivity index (χ4v) is 5.71. The molecule has 0 aliphatic carbocycles. The van der Waals surface area contributed by atoms with E-state index in [1.54, 1.807) is 10.7 Å². The quantitative estimate of drug-likeness (QED) is 0.331. The molecule has 3 heterocycles. The third kappa shape index (κ3) is 5.75. The molecule has 1 amide bonds. The summed E-state index contributed by atoms with van der Waals surface area (Å²) in [6.07, 6.45) is 0. The molecule has 0 radical (unpaired) electrons. The van der Waals surface area contributed by atoms with Gasteiger partial charge >= 0.3 is 5.51 Å².